The molecule has 1 saturated heterocycles. The number of nitrogens with zero attached hydrogens (tertiary/aromatic N) is 4. The van der Waals surface area contributed by atoms with Crippen LogP contribution in [0.25, 0.3) is 0 Å². The molecular formula is C17H30N4O. The maximum atomic E-state index is 5.49. The first-order valence-corrected chi connectivity index (χ1v) is 9.08. The van der Waals surface area contributed by atoms with Crippen molar-refractivity contribution in [2.24, 2.45) is 0 Å². The molecule has 1 saturated carbocycles. The zero-order chi connectivity index (χ0) is 15.4. The molecule has 5 heteroatoms. The van der Waals surface area contributed by atoms with Crippen LogP contribution in [0.1, 0.15) is 70.1 Å². The van der Waals surface area contributed by atoms with Crippen molar-refractivity contribution in [3.05, 3.63) is 11.7 Å². The zero-order valence-electron chi connectivity index (χ0n) is 14.1. The molecule has 22 heavy (non-hydrogen) atoms. The average molecular weight is 306 g/mol. The van der Waals surface area contributed by atoms with Gasteiger partial charge in [-0.15, -0.1) is 0 Å². The molecule has 5 nitrogen and oxygen atoms in total. The van der Waals surface area contributed by atoms with Crippen molar-refractivity contribution in [3.63, 3.8) is 0 Å². The van der Waals surface area contributed by atoms with Crippen LogP contribution in [0.4, 0.5) is 0 Å². The van der Waals surface area contributed by atoms with E-state index in [2.05, 4.69) is 33.8 Å². The van der Waals surface area contributed by atoms with Crippen molar-refractivity contribution in [2.45, 2.75) is 70.9 Å². The van der Waals surface area contributed by atoms with E-state index in [1.807, 2.05) is 0 Å². The molecule has 2 aliphatic rings. The molecule has 2 heterocycles. The third-order valence-electron chi connectivity index (χ3n) is 5.33. The summed E-state index contributed by atoms with van der Waals surface area (Å²) >= 11 is 0. The minimum atomic E-state index is 0.244. The second-order valence-electron chi connectivity index (χ2n) is 6.84. The topological polar surface area (TPSA) is 45.4 Å². The zero-order valence-corrected chi connectivity index (χ0v) is 14.1. The van der Waals surface area contributed by atoms with Crippen molar-refractivity contribution in [2.75, 3.05) is 26.2 Å². The molecule has 0 amide bonds. The Labute approximate surface area is 134 Å². The first-order valence-electron chi connectivity index (χ1n) is 9.08. The van der Waals surface area contributed by atoms with E-state index in [0.717, 1.165) is 43.7 Å². The van der Waals surface area contributed by atoms with Crippen LogP contribution in [0.15, 0.2) is 4.52 Å². The highest BCUT2D eigenvalue weighted by molar-refractivity contribution is 4.94. The lowest BCUT2D eigenvalue weighted by Crippen LogP contribution is -2.50. The van der Waals surface area contributed by atoms with Gasteiger partial charge in [-0.25, -0.2) is 0 Å². The maximum Gasteiger partial charge on any atom is 0.243 e. The Hall–Kier alpha value is -0.940. The molecule has 0 spiro atoms. The first kappa shape index (κ1) is 15.9. The molecule has 1 unspecified atom stereocenters. The van der Waals surface area contributed by atoms with Gasteiger partial charge in [0, 0.05) is 38.6 Å². The van der Waals surface area contributed by atoms with Crippen LogP contribution < -0.4 is 0 Å². The normalized spacial score (nSPS) is 23.2. The van der Waals surface area contributed by atoms with E-state index in [-0.39, 0.29) is 6.04 Å². The van der Waals surface area contributed by atoms with Gasteiger partial charge in [0.15, 0.2) is 5.82 Å². The van der Waals surface area contributed by atoms with Gasteiger partial charge in [0.2, 0.25) is 5.89 Å². The number of rotatable bonds is 6. The Balaban J connectivity index is 1.50. The van der Waals surface area contributed by atoms with Gasteiger partial charge in [-0.05, 0) is 26.2 Å². The van der Waals surface area contributed by atoms with E-state index >= 15 is 0 Å². The van der Waals surface area contributed by atoms with Gasteiger partial charge in [0.25, 0.3) is 0 Å². The van der Waals surface area contributed by atoms with Crippen molar-refractivity contribution in [1.29, 1.82) is 0 Å². The molecule has 0 N–H and O–H groups in total. The predicted molar refractivity (Wildman–Crippen MR) is 86.7 cm³/mol. The second-order valence-corrected chi connectivity index (χ2v) is 6.84. The molecule has 0 radical (unpaired) electrons. The largest absolute Gasteiger partial charge is 0.338 e. The molecule has 124 valence electrons. The Bertz CT molecular complexity index is 447. The number of aromatic nitrogens is 2. The summed E-state index contributed by atoms with van der Waals surface area (Å²) in [5, 5.41) is 4.12. The van der Waals surface area contributed by atoms with E-state index in [9.17, 15) is 0 Å². The molecule has 3 rings (SSSR count). The summed E-state index contributed by atoms with van der Waals surface area (Å²) in [6.45, 7) is 8.99. The van der Waals surface area contributed by atoms with Crippen LogP contribution >= 0.6 is 0 Å². The molecule has 1 atom stereocenters. The quantitative estimate of drug-likeness (QED) is 0.808. The lowest BCUT2D eigenvalue weighted by Gasteiger charge is -2.39. The smallest absolute Gasteiger partial charge is 0.243 e. The van der Waals surface area contributed by atoms with Crippen LogP contribution in [0.3, 0.4) is 0 Å². The fraction of sp³-hybridized carbons (Fsp3) is 0.882. The average Bonchev–Trinajstić information content (AvgIpc) is 3.24. The van der Waals surface area contributed by atoms with Crippen molar-refractivity contribution in [1.82, 2.24) is 19.9 Å². The minimum absolute atomic E-state index is 0.244. The highest BCUT2D eigenvalue weighted by Crippen LogP contribution is 2.26. The van der Waals surface area contributed by atoms with Crippen LogP contribution in [0, 0.1) is 0 Å². The molecule has 1 aromatic heterocycles. The number of hydrogen-bond acceptors (Lipinski definition) is 5. The highest BCUT2D eigenvalue weighted by Gasteiger charge is 2.29. The Morgan fingerprint density at radius 2 is 1.91 bits per heavy atom. The van der Waals surface area contributed by atoms with Gasteiger partial charge in [-0.2, -0.15) is 4.98 Å². The molecule has 2 fully saturated rings. The standard InChI is InChI=1S/C17H30N4O/c1-3-4-9-16-18-17(22-19-16)14(2)20-10-12-21(13-11-20)15-7-5-6-8-15/h14-15H,3-13H2,1-2H3. The van der Waals surface area contributed by atoms with Crippen LogP contribution in [0.5, 0.6) is 0 Å². The third kappa shape index (κ3) is 3.69. The van der Waals surface area contributed by atoms with Gasteiger partial charge < -0.3 is 4.52 Å². The van der Waals surface area contributed by atoms with Gasteiger partial charge in [-0.3, -0.25) is 9.80 Å². The van der Waals surface area contributed by atoms with Crippen molar-refractivity contribution in [3.8, 4) is 0 Å². The number of hydrogen-bond donors (Lipinski definition) is 0. The second kappa shape index (κ2) is 7.55. The summed E-state index contributed by atoms with van der Waals surface area (Å²) in [6.07, 6.45) is 8.88. The van der Waals surface area contributed by atoms with Gasteiger partial charge in [0.05, 0.1) is 6.04 Å². The van der Waals surface area contributed by atoms with E-state index in [0.29, 0.717) is 0 Å². The fourth-order valence-corrected chi connectivity index (χ4v) is 3.79. The molecule has 1 aliphatic carbocycles. The Morgan fingerprint density at radius 1 is 1.18 bits per heavy atom. The van der Waals surface area contributed by atoms with E-state index in [4.69, 9.17) is 4.52 Å². The number of aryl methyl sites for hydroxylation is 1. The lowest BCUT2D eigenvalue weighted by atomic mass is 10.1. The molecule has 1 aromatic rings. The lowest BCUT2D eigenvalue weighted by molar-refractivity contribution is 0.0650. The summed E-state index contributed by atoms with van der Waals surface area (Å²) in [7, 11) is 0. The number of unbranched alkanes of at least 4 members (excludes halogenated alkanes) is 1. The molecular weight excluding hydrogens is 276 g/mol. The number of piperazine rings is 1. The third-order valence-corrected chi connectivity index (χ3v) is 5.33. The van der Waals surface area contributed by atoms with Crippen LogP contribution in [0.2, 0.25) is 0 Å². The predicted octanol–water partition coefficient (Wildman–Crippen LogP) is 3.03. The first-order chi connectivity index (χ1) is 10.8. The van der Waals surface area contributed by atoms with E-state index < -0.39 is 0 Å². The molecule has 0 bridgehead atoms. The Kier molecular flexibility index (Phi) is 5.47. The summed E-state index contributed by atoms with van der Waals surface area (Å²) < 4.78 is 5.49. The van der Waals surface area contributed by atoms with E-state index in [1.54, 1.807) is 0 Å². The van der Waals surface area contributed by atoms with Crippen LogP contribution in [-0.2, 0) is 6.42 Å². The monoisotopic (exact) mass is 306 g/mol. The van der Waals surface area contributed by atoms with Gasteiger partial charge >= 0.3 is 0 Å². The van der Waals surface area contributed by atoms with Crippen LogP contribution in [-0.4, -0.2) is 52.2 Å². The van der Waals surface area contributed by atoms with Gasteiger partial charge in [-0.1, -0.05) is 31.3 Å². The van der Waals surface area contributed by atoms with Gasteiger partial charge in [0.1, 0.15) is 0 Å². The van der Waals surface area contributed by atoms with Crippen molar-refractivity contribution >= 4 is 0 Å². The van der Waals surface area contributed by atoms with E-state index in [1.165, 1.54) is 45.2 Å². The SMILES string of the molecule is CCCCc1noc(C(C)N2CCN(C3CCCC3)CC2)n1. The minimum Gasteiger partial charge on any atom is -0.338 e. The fourth-order valence-electron chi connectivity index (χ4n) is 3.79. The highest BCUT2D eigenvalue weighted by atomic mass is 16.5. The summed E-state index contributed by atoms with van der Waals surface area (Å²) in [5.41, 5.74) is 0. The molecule has 0 aromatic carbocycles. The summed E-state index contributed by atoms with van der Waals surface area (Å²) in [6, 6.07) is 1.09. The van der Waals surface area contributed by atoms with Crippen molar-refractivity contribution < 1.29 is 4.52 Å². The Morgan fingerprint density at radius 3 is 2.59 bits per heavy atom. The summed E-state index contributed by atoms with van der Waals surface area (Å²) in [4.78, 5) is 9.77. The molecule has 1 aliphatic heterocycles. The summed E-state index contributed by atoms with van der Waals surface area (Å²) in [5.74, 6) is 1.66. The maximum absolute atomic E-state index is 5.49.